The van der Waals surface area contributed by atoms with E-state index in [1.807, 2.05) is 26.0 Å². The van der Waals surface area contributed by atoms with Crippen LogP contribution in [-0.2, 0) is 13.5 Å². The van der Waals surface area contributed by atoms with Crippen molar-refractivity contribution in [3.8, 4) is 17.2 Å². The number of hydrogen-bond donors (Lipinski definition) is 1. The molecule has 0 amide bonds. The quantitative estimate of drug-likeness (QED) is 0.358. The van der Waals surface area contributed by atoms with E-state index in [1.54, 1.807) is 45.5 Å². The standard InChI is InChI=1S/C26H25ClFN7O.ClH/c1-14-11-17(12-15(2)23(14)27)35-25(22-16(3)29-8-7-19(22)31-35)34-10-9-33(26(34)36)21-6-5-20-18(24(21)28)13-30-32(20)4;/h5-6,9-13,16,29H,7-8H2,1-4H3;1H/t16-;/m0./s1. The largest absolute Gasteiger partial charge is 0.338 e. The zero-order valence-electron chi connectivity index (χ0n) is 20.8. The van der Waals surface area contributed by atoms with Gasteiger partial charge in [0.25, 0.3) is 0 Å². The molecule has 0 saturated heterocycles. The van der Waals surface area contributed by atoms with Gasteiger partial charge in [-0.1, -0.05) is 11.6 Å². The highest BCUT2D eigenvalue weighted by Gasteiger charge is 2.29. The molecule has 8 nitrogen and oxygen atoms in total. The summed E-state index contributed by atoms with van der Waals surface area (Å²) in [5.74, 6) is 0.146. The van der Waals surface area contributed by atoms with Crippen LogP contribution in [0.5, 0.6) is 0 Å². The first-order chi connectivity index (χ1) is 17.3. The Bertz CT molecular complexity index is 1710. The Balaban J connectivity index is 0.00000280. The van der Waals surface area contributed by atoms with E-state index in [0.29, 0.717) is 21.7 Å². The van der Waals surface area contributed by atoms with Crippen LogP contribution >= 0.6 is 24.0 Å². The van der Waals surface area contributed by atoms with E-state index >= 15 is 4.39 Å². The summed E-state index contributed by atoms with van der Waals surface area (Å²) in [6, 6.07) is 7.29. The highest BCUT2D eigenvalue weighted by molar-refractivity contribution is 6.32. The van der Waals surface area contributed by atoms with Gasteiger partial charge < -0.3 is 5.32 Å². The number of rotatable bonds is 3. The fourth-order valence-corrected chi connectivity index (χ4v) is 5.26. The van der Waals surface area contributed by atoms with Crippen LogP contribution < -0.4 is 11.0 Å². The highest BCUT2D eigenvalue weighted by Crippen LogP contribution is 2.32. The van der Waals surface area contributed by atoms with Gasteiger partial charge in [0.2, 0.25) is 0 Å². The average molecular weight is 542 g/mol. The number of imidazole rings is 1. The fourth-order valence-electron chi connectivity index (χ4n) is 5.15. The molecule has 6 rings (SSSR count). The smallest absolute Gasteiger partial charge is 0.310 e. The number of fused-ring (bicyclic) bond motifs is 2. The lowest BCUT2D eigenvalue weighted by Gasteiger charge is -2.21. The molecule has 1 aliphatic rings. The van der Waals surface area contributed by atoms with Gasteiger partial charge in [0.05, 0.1) is 34.2 Å². The molecule has 0 saturated carbocycles. The normalized spacial score (nSPS) is 15.1. The molecule has 0 bridgehead atoms. The Morgan fingerprint density at radius 3 is 2.57 bits per heavy atom. The zero-order chi connectivity index (χ0) is 25.3. The summed E-state index contributed by atoms with van der Waals surface area (Å²) in [6.45, 7) is 6.76. The van der Waals surface area contributed by atoms with E-state index in [9.17, 15) is 4.79 Å². The number of nitrogens with zero attached hydrogens (tertiary/aromatic N) is 6. The minimum Gasteiger partial charge on any atom is -0.310 e. The van der Waals surface area contributed by atoms with Crippen molar-refractivity contribution in [1.82, 2.24) is 34.0 Å². The molecule has 0 radical (unpaired) electrons. The summed E-state index contributed by atoms with van der Waals surface area (Å²) >= 11 is 6.43. The van der Waals surface area contributed by atoms with Gasteiger partial charge in [-0.05, 0) is 56.2 Å². The van der Waals surface area contributed by atoms with Crippen LogP contribution in [-0.4, -0.2) is 35.2 Å². The summed E-state index contributed by atoms with van der Waals surface area (Å²) < 4.78 is 21.7. The van der Waals surface area contributed by atoms with Gasteiger partial charge in [-0.15, -0.1) is 12.4 Å². The minimum absolute atomic E-state index is 0. The first-order valence-electron chi connectivity index (χ1n) is 11.8. The van der Waals surface area contributed by atoms with E-state index in [2.05, 4.69) is 17.3 Å². The van der Waals surface area contributed by atoms with Crippen molar-refractivity contribution >= 4 is 34.9 Å². The van der Waals surface area contributed by atoms with E-state index in [-0.39, 0.29) is 29.8 Å². The molecule has 1 atom stereocenters. The number of benzene rings is 2. The Kier molecular flexibility index (Phi) is 6.26. The first-order valence-corrected chi connectivity index (χ1v) is 12.2. The lowest BCUT2D eigenvalue weighted by molar-refractivity contribution is 0.536. The van der Waals surface area contributed by atoms with Crippen molar-refractivity contribution in [2.45, 2.75) is 33.2 Å². The lowest BCUT2D eigenvalue weighted by atomic mass is 10.0. The molecule has 2 aromatic carbocycles. The third-order valence-corrected chi connectivity index (χ3v) is 7.59. The van der Waals surface area contributed by atoms with E-state index in [4.69, 9.17) is 16.7 Å². The molecule has 4 heterocycles. The van der Waals surface area contributed by atoms with Gasteiger partial charge in [-0.3, -0.25) is 13.8 Å². The molecule has 1 N–H and O–H groups in total. The summed E-state index contributed by atoms with van der Waals surface area (Å²) in [4.78, 5) is 13.8. The third kappa shape index (κ3) is 3.80. The van der Waals surface area contributed by atoms with Crippen LogP contribution in [0.4, 0.5) is 4.39 Å². The second kappa shape index (κ2) is 9.16. The number of aryl methyl sites for hydroxylation is 3. The maximum atomic E-state index is 15.4. The van der Waals surface area contributed by atoms with Crippen molar-refractivity contribution < 1.29 is 4.39 Å². The monoisotopic (exact) mass is 541 g/mol. The fraction of sp³-hybridized carbons (Fsp3) is 0.269. The first kappa shape index (κ1) is 25.3. The Labute approximate surface area is 223 Å². The van der Waals surface area contributed by atoms with Crippen LogP contribution in [0.1, 0.15) is 35.3 Å². The number of nitrogens with one attached hydrogen (secondary N) is 1. The summed E-state index contributed by atoms with van der Waals surface area (Å²) in [6.07, 6.45) is 5.47. The zero-order valence-corrected chi connectivity index (χ0v) is 22.4. The molecule has 1 aliphatic heterocycles. The molecule has 3 aromatic heterocycles. The Morgan fingerprint density at radius 1 is 1.14 bits per heavy atom. The maximum Gasteiger partial charge on any atom is 0.338 e. The van der Waals surface area contributed by atoms with Gasteiger partial charge in [0.1, 0.15) is 5.82 Å². The second-order valence-electron chi connectivity index (χ2n) is 9.34. The van der Waals surface area contributed by atoms with Crippen molar-refractivity contribution in [2.75, 3.05) is 6.54 Å². The van der Waals surface area contributed by atoms with Gasteiger partial charge in [-0.25, -0.2) is 13.9 Å². The molecule has 0 fully saturated rings. The van der Waals surface area contributed by atoms with Crippen LogP contribution in [0, 0.1) is 19.7 Å². The number of hydrogen-bond acceptors (Lipinski definition) is 4. The van der Waals surface area contributed by atoms with Crippen molar-refractivity contribution in [1.29, 1.82) is 0 Å². The van der Waals surface area contributed by atoms with Crippen LogP contribution in [0.3, 0.4) is 0 Å². The average Bonchev–Trinajstić information content (AvgIpc) is 3.53. The topological polar surface area (TPSA) is 74.6 Å². The molecule has 37 heavy (non-hydrogen) atoms. The molecular weight excluding hydrogens is 516 g/mol. The van der Waals surface area contributed by atoms with Gasteiger partial charge in [0.15, 0.2) is 5.82 Å². The van der Waals surface area contributed by atoms with Crippen LogP contribution in [0.15, 0.2) is 47.7 Å². The molecule has 11 heteroatoms. The predicted octanol–water partition coefficient (Wildman–Crippen LogP) is 4.74. The highest BCUT2D eigenvalue weighted by atomic mass is 35.5. The van der Waals surface area contributed by atoms with Gasteiger partial charge >= 0.3 is 5.69 Å². The molecule has 0 spiro atoms. The minimum atomic E-state index is -0.491. The summed E-state index contributed by atoms with van der Waals surface area (Å²) in [7, 11) is 1.75. The summed E-state index contributed by atoms with van der Waals surface area (Å²) in [5.41, 5.74) is 4.99. The molecule has 5 aromatic rings. The predicted molar refractivity (Wildman–Crippen MR) is 145 cm³/mol. The summed E-state index contributed by atoms with van der Waals surface area (Å²) in [5, 5.41) is 13.6. The number of halogens is 3. The Hall–Kier alpha value is -3.40. The van der Waals surface area contributed by atoms with E-state index < -0.39 is 5.82 Å². The van der Waals surface area contributed by atoms with Crippen LogP contribution in [0.25, 0.3) is 28.1 Å². The van der Waals surface area contributed by atoms with Crippen LogP contribution in [0.2, 0.25) is 5.02 Å². The SMILES string of the molecule is Cc1cc(-n2nc3c(c2-n2ccn(-c4ccc5c(cnn5C)c4F)c2=O)[C@H](C)NCC3)cc(C)c1Cl.Cl. The van der Waals surface area contributed by atoms with Gasteiger partial charge in [-0.2, -0.15) is 10.2 Å². The molecule has 0 aliphatic carbocycles. The second-order valence-corrected chi connectivity index (χ2v) is 9.71. The third-order valence-electron chi connectivity index (χ3n) is 6.99. The van der Waals surface area contributed by atoms with Crippen molar-refractivity contribution in [2.24, 2.45) is 7.05 Å². The maximum absolute atomic E-state index is 15.4. The van der Waals surface area contributed by atoms with Gasteiger partial charge in [0, 0.05) is 49.0 Å². The Morgan fingerprint density at radius 2 is 1.84 bits per heavy atom. The molecule has 0 unspecified atom stereocenters. The number of aromatic nitrogens is 6. The molecule has 192 valence electrons. The van der Waals surface area contributed by atoms with E-state index in [0.717, 1.165) is 41.0 Å². The van der Waals surface area contributed by atoms with E-state index in [1.165, 1.54) is 10.8 Å². The van der Waals surface area contributed by atoms with Crippen molar-refractivity contribution in [3.05, 3.63) is 86.6 Å². The van der Waals surface area contributed by atoms with Crippen molar-refractivity contribution in [3.63, 3.8) is 0 Å². The molecular formula is C26H26Cl2FN7O. The lowest BCUT2D eigenvalue weighted by Crippen LogP contribution is -2.30.